The first-order chi connectivity index (χ1) is 15.6. The lowest BCUT2D eigenvalue weighted by Gasteiger charge is -2.35. The number of para-hydroxylation sites is 1. The molecule has 0 spiro atoms. The number of anilines is 1. The number of hydrogen-bond donors (Lipinski definition) is 0. The summed E-state index contributed by atoms with van der Waals surface area (Å²) < 4.78 is 10.8. The van der Waals surface area contributed by atoms with E-state index in [0.29, 0.717) is 30.9 Å². The third-order valence-corrected chi connectivity index (χ3v) is 5.78. The first-order valence-corrected chi connectivity index (χ1v) is 11.2. The van der Waals surface area contributed by atoms with Crippen LogP contribution in [-0.2, 0) is 9.53 Å². The lowest BCUT2D eigenvalue weighted by atomic mass is 9.94. The summed E-state index contributed by atoms with van der Waals surface area (Å²) in [4.78, 5) is 32.7. The molecule has 1 aliphatic rings. The quantitative estimate of drug-likeness (QED) is 0.400. The topological polar surface area (TPSA) is 68.7 Å². The van der Waals surface area contributed by atoms with E-state index in [2.05, 4.69) is 9.88 Å². The van der Waals surface area contributed by atoms with E-state index < -0.39 is 0 Å². The van der Waals surface area contributed by atoms with E-state index in [9.17, 15) is 9.59 Å². The highest BCUT2D eigenvalue weighted by Crippen LogP contribution is 2.34. The Morgan fingerprint density at radius 1 is 1.06 bits per heavy atom. The Bertz CT molecular complexity index is 1110. The van der Waals surface area contributed by atoms with Crippen molar-refractivity contribution in [3.8, 4) is 5.75 Å². The van der Waals surface area contributed by atoms with Crippen LogP contribution in [0.2, 0.25) is 0 Å². The van der Waals surface area contributed by atoms with Gasteiger partial charge in [0.25, 0.3) is 0 Å². The number of ether oxygens (including phenoxy) is 2. The summed E-state index contributed by atoms with van der Waals surface area (Å²) in [6.07, 6.45) is 3.31. The molecule has 0 unspecified atom stereocenters. The monoisotopic (exact) mass is 432 g/mol. The van der Waals surface area contributed by atoms with Gasteiger partial charge in [0.15, 0.2) is 5.78 Å². The number of benzene rings is 2. The molecule has 1 atom stereocenters. The zero-order valence-corrected chi connectivity index (χ0v) is 18.5. The average molecular weight is 433 g/mol. The summed E-state index contributed by atoms with van der Waals surface area (Å²) >= 11 is 0. The number of ketones is 1. The predicted octanol–water partition coefficient (Wildman–Crippen LogP) is 4.64. The molecule has 2 heterocycles. The van der Waals surface area contributed by atoms with Crippen LogP contribution in [0.15, 0.2) is 54.7 Å². The van der Waals surface area contributed by atoms with Crippen LogP contribution in [-0.4, -0.2) is 43.0 Å². The van der Waals surface area contributed by atoms with E-state index in [1.165, 1.54) is 0 Å². The molecule has 3 aromatic rings. The van der Waals surface area contributed by atoms with Gasteiger partial charge in [-0.2, -0.15) is 0 Å². The Hall–Kier alpha value is -3.41. The molecule has 32 heavy (non-hydrogen) atoms. The zero-order chi connectivity index (χ0) is 22.5. The summed E-state index contributed by atoms with van der Waals surface area (Å²) in [5.74, 6) is 0.257. The van der Waals surface area contributed by atoms with Gasteiger partial charge < -0.3 is 14.4 Å². The largest absolute Gasteiger partial charge is 0.494 e. The van der Waals surface area contributed by atoms with Crippen LogP contribution >= 0.6 is 0 Å². The van der Waals surface area contributed by atoms with Gasteiger partial charge in [0.1, 0.15) is 5.75 Å². The number of pyridine rings is 1. The van der Waals surface area contributed by atoms with Gasteiger partial charge in [0.05, 0.1) is 35.9 Å². The van der Waals surface area contributed by atoms with Crippen LogP contribution in [0.1, 0.15) is 42.6 Å². The first kappa shape index (κ1) is 21.8. The summed E-state index contributed by atoms with van der Waals surface area (Å²) in [7, 11) is 0. The van der Waals surface area contributed by atoms with Gasteiger partial charge in [0, 0.05) is 30.2 Å². The molecule has 0 bridgehead atoms. The lowest BCUT2D eigenvalue weighted by molar-refractivity contribution is -0.148. The van der Waals surface area contributed by atoms with E-state index in [4.69, 9.17) is 9.47 Å². The summed E-state index contributed by atoms with van der Waals surface area (Å²) in [5, 5.41) is 0.911. The number of carbonyl (C=O) groups is 2. The maximum absolute atomic E-state index is 13.5. The predicted molar refractivity (Wildman–Crippen MR) is 124 cm³/mol. The van der Waals surface area contributed by atoms with E-state index in [-0.39, 0.29) is 17.7 Å². The smallest absolute Gasteiger partial charge is 0.310 e. The minimum absolute atomic E-state index is 0.0976. The van der Waals surface area contributed by atoms with Crippen LogP contribution in [0.25, 0.3) is 10.9 Å². The number of esters is 1. The first-order valence-electron chi connectivity index (χ1n) is 11.2. The maximum Gasteiger partial charge on any atom is 0.310 e. The molecule has 1 saturated heterocycles. The fourth-order valence-corrected chi connectivity index (χ4v) is 4.29. The molecule has 1 aliphatic heterocycles. The molecule has 6 heteroatoms. The SMILES string of the molecule is CCOC(=O)[C@H]1CCCN(c2c(C(=O)c3ccc(OCC)cc3)cnc3ccccc23)C1. The van der Waals surface area contributed by atoms with Crippen molar-refractivity contribution >= 4 is 28.3 Å². The van der Waals surface area contributed by atoms with E-state index >= 15 is 0 Å². The van der Waals surface area contributed by atoms with Crippen molar-refractivity contribution in [2.24, 2.45) is 5.92 Å². The van der Waals surface area contributed by atoms with Gasteiger partial charge in [-0.05, 0) is 57.0 Å². The van der Waals surface area contributed by atoms with Crippen molar-refractivity contribution in [1.29, 1.82) is 0 Å². The number of fused-ring (bicyclic) bond motifs is 1. The molecule has 6 nitrogen and oxygen atoms in total. The highest BCUT2D eigenvalue weighted by Gasteiger charge is 2.30. The minimum atomic E-state index is -0.205. The van der Waals surface area contributed by atoms with Crippen molar-refractivity contribution in [1.82, 2.24) is 4.98 Å². The van der Waals surface area contributed by atoms with Gasteiger partial charge in [-0.3, -0.25) is 14.6 Å². The average Bonchev–Trinajstić information content (AvgIpc) is 2.84. The molecule has 166 valence electrons. The Labute approximate surface area is 188 Å². The van der Waals surface area contributed by atoms with E-state index in [0.717, 1.165) is 41.7 Å². The second-order valence-electron chi connectivity index (χ2n) is 7.86. The third-order valence-electron chi connectivity index (χ3n) is 5.78. The van der Waals surface area contributed by atoms with Crippen molar-refractivity contribution in [3.05, 3.63) is 65.9 Å². The van der Waals surface area contributed by atoms with Crippen molar-refractivity contribution in [2.75, 3.05) is 31.2 Å². The molecular weight excluding hydrogens is 404 g/mol. The highest BCUT2D eigenvalue weighted by atomic mass is 16.5. The Morgan fingerprint density at radius 2 is 1.84 bits per heavy atom. The molecule has 0 aliphatic carbocycles. The third kappa shape index (κ3) is 4.44. The number of carbonyl (C=O) groups excluding carboxylic acids is 2. The van der Waals surface area contributed by atoms with E-state index in [1.54, 1.807) is 18.3 Å². The van der Waals surface area contributed by atoms with Crippen LogP contribution in [0.3, 0.4) is 0 Å². The van der Waals surface area contributed by atoms with Crippen LogP contribution in [0, 0.1) is 5.92 Å². The van der Waals surface area contributed by atoms with Crippen LogP contribution < -0.4 is 9.64 Å². The van der Waals surface area contributed by atoms with Crippen molar-refractivity contribution in [2.45, 2.75) is 26.7 Å². The molecule has 0 N–H and O–H groups in total. The van der Waals surface area contributed by atoms with Crippen LogP contribution in [0.4, 0.5) is 5.69 Å². The highest BCUT2D eigenvalue weighted by molar-refractivity contribution is 6.16. The lowest BCUT2D eigenvalue weighted by Crippen LogP contribution is -2.40. The number of rotatable bonds is 7. The van der Waals surface area contributed by atoms with Gasteiger partial charge in [-0.1, -0.05) is 18.2 Å². The van der Waals surface area contributed by atoms with E-state index in [1.807, 2.05) is 50.2 Å². The molecule has 1 fully saturated rings. The standard InChI is InChI=1S/C26H28N2O4/c1-3-31-20-13-11-18(12-14-20)25(29)22-16-27-23-10-6-5-9-21(23)24(22)28-15-7-8-19(17-28)26(30)32-4-2/h5-6,9-14,16,19H,3-4,7-8,15,17H2,1-2H3/t19-/m0/s1. The second kappa shape index (κ2) is 9.81. The molecule has 0 radical (unpaired) electrons. The van der Waals surface area contributed by atoms with Gasteiger partial charge in [-0.25, -0.2) is 0 Å². The Balaban J connectivity index is 1.74. The molecule has 1 aromatic heterocycles. The fourth-order valence-electron chi connectivity index (χ4n) is 4.29. The zero-order valence-electron chi connectivity index (χ0n) is 18.5. The molecular formula is C26H28N2O4. The second-order valence-corrected chi connectivity index (χ2v) is 7.86. The number of aromatic nitrogens is 1. The molecule has 2 aromatic carbocycles. The van der Waals surface area contributed by atoms with Gasteiger partial charge in [-0.15, -0.1) is 0 Å². The Morgan fingerprint density at radius 3 is 2.59 bits per heavy atom. The summed E-state index contributed by atoms with van der Waals surface area (Å²) in [5.41, 5.74) is 2.77. The Kier molecular flexibility index (Phi) is 6.69. The van der Waals surface area contributed by atoms with Crippen LogP contribution in [0.5, 0.6) is 5.75 Å². The van der Waals surface area contributed by atoms with Crippen molar-refractivity contribution < 1.29 is 19.1 Å². The molecule has 0 saturated carbocycles. The van der Waals surface area contributed by atoms with Crippen molar-refractivity contribution in [3.63, 3.8) is 0 Å². The van der Waals surface area contributed by atoms with Gasteiger partial charge in [0.2, 0.25) is 0 Å². The summed E-state index contributed by atoms with van der Waals surface area (Å²) in [6.45, 7) is 5.98. The minimum Gasteiger partial charge on any atom is -0.494 e. The van der Waals surface area contributed by atoms with Gasteiger partial charge >= 0.3 is 5.97 Å². The normalized spacial score (nSPS) is 16.1. The fraction of sp³-hybridized carbons (Fsp3) is 0.346. The maximum atomic E-state index is 13.5. The number of piperidine rings is 1. The number of hydrogen-bond acceptors (Lipinski definition) is 6. The molecule has 0 amide bonds. The number of nitrogens with zero attached hydrogens (tertiary/aromatic N) is 2. The molecule has 4 rings (SSSR count). The summed E-state index contributed by atoms with van der Waals surface area (Å²) in [6, 6.07) is 15.0.